The maximum atomic E-state index is 12.1. The SMILES string of the molecule is Nc1cc(CC(=O)c2cc(Cl)cc(Cl)c2)ccn1. The number of nitrogens with two attached hydrogens (primary N) is 1. The Hall–Kier alpha value is -1.58. The summed E-state index contributed by atoms with van der Waals surface area (Å²) in [5.74, 6) is 0.328. The highest BCUT2D eigenvalue weighted by molar-refractivity contribution is 6.35. The predicted octanol–water partition coefficient (Wildman–Crippen LogP) is 3.40. The molecule has 2 aromatic rings. The molecule has 0 unspecified atom stereocenters. The summed E-state index contributed by atoms with van der Waals surface area (Å²) in [6.45, 7) is 0. The van der Waals surface area contributed by atoms with Crippen LogP contribution < -0.4 is 5.73 Å². The Morgan fingerprint density at radius 3 is 2.44 bits per heavy atom. The molecule has 0 saturated carbocycles. The zero-order valence-corrected chi connectivity index (χ0v) is 10.9. The molecule has 0 radical (unpaired) electrons. The number of nitrogen functional groups attached to an aromatic ring is 1. The number of Topliss-reactive ketones (excluding diaryl/α,β-unsaturated/α-hetero) is 1. The monoisotopic (exact) mass is 280 g/mol. The molecule has 0 aliphatic carbocycles. The van der Waals surface area contributed by atoms with Gasteiger partial charge < -0.3 is 5.73 Å². The number of hydrogen-bond donors (Lipinski definition) is 1. The standard InChI is InChI=1S/C13H10Cl2N2O/c14-10-5-9(6-11(15)7-10)12(18)3-8-1-2-17-13(16)4-8/h1-2,4-7H,3H2,(H2,16,17). The van der Waals surface area contributed by atoms with E-state index in [0.29, 0.717) is 21.4 Å². The van der Waals surface area contributed by atoms with Crippen molar-refractivity contribution in [1.82, 2.24) is 4.98 Å². The van der Waals surface area contributed by atoms with Gasteiger partial charge in [-0.05, 0) is 35.9 Å². The maximum absolute atomic E-state index is 12.1. The summed E-state index contributed by atoms with van der Waals surface area (Å²) >= 11 is 11.7. The molecule has 0 aliphatic rings. The van der Waals surface area contributed by atoms with E-state index in [1.54, 1.807) is 36.5 Å². The molecule has 3 nitrogen and oxygen atoms in total. The zero-order chi connectivity index (χ0) is 13.1. The molecule has 0 fully saturated rings. The quantitative estimate of drug-likeness (QED) is 0.877. The van der Waals surface area contributed by atoms with Crippen LogP contribution in [0.25, 0.3) is 0 Å². The first kappa shape index (κ1) is 12.9. The summed E-state index contributed by atoms with van der Waals surface area (Å²) < 4.78 is 0. The molecule has 18 heavy (non-hydrogen) atoms. The van der Waals surface area contributed by atoms with Crippen molar-refractivity contribution in [1.29, 1.82) is 0 Å². The second-order valence-electron chi connectivity index (χ2n) is 3.85. The van der Waals surface area contributed by atoms with Gasteiger partial charge in [-0.25, -0.2) is 4.98 Å². The van der Waals surface area contributed by atoms with E-state index in [4.69, 9.17) is 28.9 Å². The van der Waals surface area contributed by atoms with Crippen LogP contribution in [0.5, 0.6) is 0 Å². The Kier molecular flexibility index (Phi) is 3.84. The van der Waals surface area contributed by atoms with Gasteiger partial charge in [0.2, 0.25) is 0 Å². The predicted molar refractivity (Wildman–Crippen MR) is 73.1 cm³/mol. The van der Waals surface area contributed by atoms with Crippen LogP contribution in [0.4, 0.5) is 5.82 Å². The molecular formula is C13H10Cl2N2O. The second-order valence-corrected chi connectivity index (χ2v) is 4.72. The van der Waals surface area contributed by atoms with Crippen LogP contribution in [-0.4, -0.2) is 10.8 Å². The van der Waals surface area contributed by atoms with Crippen LogP contribution in [0.15, 0.2) is 36.5 Å². The Balaban J connectivity index is 2.22. The van der Waals surface area contributed by atoms with Gasteiger partial charge in [0.05, 0.1) is 0 Å². The number of benzene rings is 1. The first-order valence-corrected chi connectivity index (χ1v) is 6.00. The van der Waals surface area contributed by atoms with E-state index >= 15 is 0 Å². The molecule has 0 bridgehead atoms. The van der Waals surface area contributed by atoms with Crippen molar-refractivity contribution in [2.45, 2.75) is 6.42 Å². The lowest BCUT2D eigenvalue weighted by Gasteiger charge is -2.03. The van der Waals surface area contributed by atoms with Gasteiger partial charge in [-0.1, -0.05) is 23.2 Å². The molecule has 0 amide bonds. The number of nitrogens with zero attached hydrogens (tertiary/aromatic N) is 1. The molecule has 1 aromatic carbocycles. The van der Waals surface area contributed by atoms with Gasteiger partial charge in [0.15, 0.2) is 5.78 Å². The Bertz CT molecular complexity index is 579. The number of aromatic nitrogens is 1. The van der Waals surface area contributed by atoms with Crippen molar-refractivity contribution in [3.05, 3.63) is 57.7 Å². The summed E-state index contributed by atoms with van der Waals surface area (Å²) in [6, 6.07) is 8.20. The van der Waals surface area contributed by atoms with Crippen LogP contribution in [0.1, 0.15) is 15.9 Å². The van der Waals surface area contributed by atoms with E-state index < -0.39 is 0 Å². The molecule has 1 aromatic heterocycles. The van der Waals surface area contributed by atoms with Crippen molar-refractivity contribution in [2.24, 2.45) is 0 Å². The topological polar surface area (TPSA) is 56.0 Å². The van der Waals surface area contributed by atoms with Crippen molar-refractivity contribution in [3.63, 3.8) is 0 Å². The van der Waals surface area contributed by atoms with Crippen LogP contribution in [0.3, 0.4) is 0 Å². The summed E-state index contributed by atoms with van der Waals surface area (Å²) in [6.07, 6.45) is 1.81. The highest BCUT2D eigenvalue weighted by Crippen LogP contribution is 2.20. The average Bonchev–Trinajstić information content (AvgIpc) is 2.27. The lowest BCUT2D eigenvalue weighted by atomic mass is 10.0. The fourth-order valence-electron chi connectivity index (χ4n) is 1.61. The van der Waals surface area contributed by atoms with Crippen molar-refractivity contribution >= 4 is 34.8 Å². The average molecular weight is 281 g/mol. The number of rotatable bonds is 3. The van der Waals surface area contributed by atoms with Crippen LogP contribution in [0.2, 0.25) is 10.0 Å². The lowest BCUT2D eigenvalue weighted by molar-refractivity contribution is 0.0993. The fourth-order valence-corrected chi connectivity index (χ4v) is 2.13. The first-order chi connectivity index (χ1) is 8.54. The molecule has 92 valence electrons. The maximum Gasteiger partial charge on any atom is 0.167 e. The minimum Gasteiger partial charge on any atom is -0.384 e. The van der Waals surface area contributed by atoms with E-state index in [2.05, 4.69) is 4.98 Å². The third-order valence-corrected chi connectivity index (χ3v) is 2.83. The Morgan fingerprint density at radius 2 is 1.83 bits per heavy atom. The number of carbonyl (C=O) groups excluding carboxylic acids is 1. The molecule has 0 saturated heterocycles. The molecule has 2 N–H and O–H groups in total. The van der Waals surface area contributed by atoms with Gasteiger partial charge in [-0.3, -0.25) is 4.79 Å². The third kappa shape index (κ3) is 3.22. The summed E-state index contributed by atoms with van der Waals surface area (Å²) in [5, 5.41) is 0.889. The van der Waals surface area contributed by atoms with Gasteiger partial charge in [-0.15, -0.1) is 0 Å². The van der Waals surface area contributed by atoms with E-state index in [1.807, 2.05) is 0 Å². The number of halogens is 2. The molecular weight excluding hydrogens is 271 g/mol. The molecule has 2 rings (SSSR count). The van der Waals surface area contributed by atoms with Crippen LogP contribution >= 0.6 is 23.2 Å². The van der Waals surface area contributed by atoms with Crippen LogP contribution in [-0.2, 0) is 6.42 Å². The van der Waals surface area contributed by atoms with Gasteiger partial charge in [0, 0.05) is 28.2 Å². The Morgan fingerprint density at radius 1 is 1.17 bits per heavy atom. The van der Waals surface area contributed by atoms with E-state index in [0.717, 1.165) is 5.56 Å². The normalized spacial score (nSPS) is 10.3. The van der Waals surface area contributed by atoms with E-state index in [1.165, 1.54) is 0 Å². The van der Waals surface area contributed by atoms with Crippen molar-refractivity contribution < 1.29 is 4.79 Å². The Labute approximate surface area is 115 Å². The zero-order valence-electron chi connectivity index (χ0n) is 9.36. The third-order valence-electron chi connectivity index (χ3n) is 2.39. The molecule has 0 spiro atoms. The minimum absolute atomic E-state index is 0.0648. The largest absolute Gasteiger partial charge is 0.384 e. The smallest absolute Gasteiger partial charge is 0.167 e. The molecule has 5 heteroatoms. The van der Waals surface area contributed by atoms with Gasteiger partial charge in [0.1, 0.15) is 5.82 Å². The van der Waals surface area contributed by atoms with E-state index in [9.17, 15) is 4.79 Å². The van der Waals surface area contributed by atoms with Gasteiger partial charge in [-0.2, -0.15) is 0 Å². The number of pyridine rings is 1. The van der Waals surface area contributed by atoms with Gasteiger partial charge in [0.25, 0.3) is 0 Å². The molecule has 1 heterocycles. The number of carbonyl (C=O) groups is 1. The number of ketones is 1. The summed E-state index contributed by atoms with van der Waals surface area (Å²) in [4.78, 5) is 15.9. The minimum atomic E-state index is -0.0648. The van der Waals surface area contributed by atoms with Crippen LogP contribution in [0, 0.1) is 0 Å². The summed E-state index contributed by atoms with van der Waals surface area (Å²) in [5.41, 5.74) is 6.85. The van der Waals surface area contributed by atoms with E-state index in [-0.39, 0.29) is 12.2 Å². The van der Waals surface area contributed by atoms with Crippen molar-refractivity contribution in [3.8, 4) is 0 Å². The summed E-state index contributed by atoms with van der Waals surface area (Å²) in [7, 11) is 0. The van der Waals surface area contributed by atoms with Crippen molar-refractivity contribution in [2.75, 3.05) is 5.73 Å². The lowest BCUT2D eigenvalue weighted by Crippen LogP contribution is -2.04. The number of anilines is 1. The fraction of sp³-hybridized carbons (Fsp3) is 0.0769. The first-order valence-electron chi connectivity index (χ1n) is 5.24. The highest BCUT2D eigenvalue weighted by atomic mass is 35.5. The number of hydrogen-bond acceptors (Lipinski definition) is 3. The highest BCUT2D eigenvalue weighted by Gasteiger charge is 2.09. The van der Waals surface area contributed by atoms with Gasteiger partial charge >= 0.3 is 0 Å². The molecule has 0 atom stereocenters. The molecule has 0 aliphatic heterocycles. The second kappa shape index (κ2) is 5.38.